The molecule has 0 saturated carbocycles. The number of phenolic OH excluding ortho intramolecular Hbond substituents is 1. The molecular weight excluding hydrogens is 428 g/mol. The molecule has 0 heterocycles. The first kappa shape index (κ1) is 21.5. The highest BCUT2D eigenvalue weighted by Gasteiger charge is 2.34. The lowest BCUT2D eigenvalue weighted by Gasteiger charge is -2.32. The number of hydrogen-bond donors (Lipinski definition) is 4. The van der Waals surface area contributed by atoms with Crippen molar-refractivity contribution in [1.29, 1.82) is 0 Å². The summed E-state index contributed by atoms with van der Waals surface area (Å²) in [5.74, 6) is -0.784. The molecule has 8 heteroatoms. The number of ether oxygens (including phenoxy) is 1. The summed E-state index contributed by atoms with van der Waals surface area (Å²) >= 11 is 3.34. The van der Waals surface area contributed by atoms with Crippen LogP contribution in [0.3, 0.4) is 0 Å². The van der Waals surface area contributed by atoms with Crippen LogP contribution in [0, 0.1) is 5.41 Å². The number of nitrogens with one attached hydrogen (secondary N) is 2. The number of benzene rings is 2. The van der Waals surface area contributed by atoms with Gasteiger partial charge >= 0.3 is 6.09 Å². The Kier molecular flexibility index (Phi) is 7.19. The maximum absolute atomic E-state index is 12.5. The molecule has 0 aliphatic carbocycles. The summed E-state index contributed by atoms with van der Waals surface area (Å²) in [6.07, 6.45) is 0.958. The molecule has 0 radical (unpaired) electrons. The molecule has 2 aromatic carbocycles. The van der Waals surface area contributed by atoms with Crippen LogP contribution in [0.4, 0.5) is 10.5 Å². The van der Waals surface area contributed by atoms with Gasteiger partial charge in [-0.05, 0) is 30.3 Å². The Bertz CT molecular complexity index is 868. The van der Waals surface area contributed by atoms with Gasteiger partial charge in [0, 0.05) is 27.2 Å². The number of amides is 2. The zero-order valence-electron chi connectivity index (χ0n) is 15.3. The fraction of sp³-hybridized carbons (Fsp3) is 0.200. The van der Waals surface area contributed by atoms with Crippen molar-refractivity contribution in [3.8, 4) is 5.75 Å². The first-order valence-electron chi connectivity index (χ1n) is 8.37. The van der Waals surface area contributed by atoms with E-state index < -0.39 is 23.5 Å². The van der Waals surface area contributed by atoms with Crippen LogP contribution >= 0.6 is 15.9 Å². The first-order chi connectivity index (χ1) is 13.2. The Hall–Kier alpha value is -2.84. The van der Waals surface area contributed by atoms with Gasteiger partial charge in [-0.15, -0.1) is 0 Å². The number of rotatable bonds is 6. The first-order valence-corrected chi connectivity index (χ1v) is 9.16. The van der Waals surface area contributed by atoms with Gasteiger partial charge < -0.3 is 9.84 Å². The second-order valence-corrected chi connectivity index (χ2v) is 7.53. The smallest absolute Gasteiger partial charge is 0.412 e. The fourth-order valence-electron chi connectivity index (χ4n) is 2.54. The van der Waals surface area contributed by atoms with E-state index in [1.807, 2.05) is 6.07 Å². The van der Waals surface area contributed by atoms with Crippen LogP contribution in [0.2, 0.25) is 0 Å². The monoisotopic (exact) mass is 448 g/mol. The molecule has 0 saturated heterocycles. The molecule has 0 spiro atoms. The van der Waals surface area contributed by atoms with Crippen LogP contribution < -0.4 is 10.8 Å². The van der Waals surface area contributed by atoms with Crippen LogP contribution in [0.25, 0.3) is 0 Å². The Labute approximate surface area is 171 Å². The van der Waals surface area contributed by atoms with Crippen molar-refractivity contribution in [1.82, 2.24) is 5.48 Å². The van der Waals surface area contributed by atoms with Gasteiger partial charge in [0.25, 0.3) is 5.91 Å². The minimum absolute atomic E-state index is 0.0613. The van der Waals surface area contributed by atoms with Crippen LogP contribution in [0.15, 0.2) is 65.2 Å². The SMILES string of the molecule is CC(C)(/C=C/C(=O)NO)[C@@H](OC(=O)Nc1ccccc1)c1cc(Br)ccc1O. The molecule has 1 atom stereocenters. The Morgan fingerprint density at radius 1 is 1.18 bits per heavy atom. The largest absolute Gasteiger partial charge is 0.508 e. The molecule has 0 aromatic heterocycles. The molecule has 28 heavy (non-hydrogen) atoms. The van der Waals surface area contributed by atoms with E-state index in [4.69, 9.17) is 9.94 Å². The molecule has 7 nitrogen and oxygen atoms in total. The van der Waals surface area contributed by atoms with E-state index in [1.54, 1.807) is 50.2 Å². The lowest BCUT2D eigenvalue weighted by atomic mass is 9.81. The lowest BCUT2D eigenvalue weighted by Crippen LogP contribution is -2.28. The van der Waals surface area contributed by atoms with Crippen molar-refractivity contribution in [2.45, 2.75) is 20.0 Å². The van der Waals surface area contributed by atoms with E-state index in [0.717, 1.165) is 6.08 Å². The van der Waals surface area contributed by atoms with Crippen LogP contribution in [0.5, 0.6) is 5.75 Å². The number of halogens is 1. The topological polar surface area (TPSA) is 108 Å². The number of carbonyl (C=O) groups is 2. The van der Waals surface area contributed by atoms with Crippen molar-refractivity contribution in [3.63, 3.8) is 0 Å². The minimum Gasteiger partial charge on any atom is -0.508 e. The zero-order valence-corrected chi connectivity index (χ0v) is 16.9. The maximum atomic E-state index is 12.5. The normalized spacial score (nSPS) is 12.4. The molecule has 148 valence electrons. The molecule has 2 rings (SSSR count). The third kappa shape index (κ3) is 5.83. The molecule has 4 N–H and O–H groups in total. The van der Waals surface area contributed by atoms with Crippen molar-refractivity contribution in [2.24, 2.45) is 5.41 Å². The lowest BCUT2D eigenvalue weighted by molar-refractivity contribution is -0.124. The molecule has 2 aromatic rings. The van der Waals surface area contributed by atoms with Gasteiger partial charge in [0.05, 0.1) is 0 Å². The fourth-order valence-corrected chi connectivity index (χ4v) is 2.92. The predicted molar refractivity (Wildman–Crippen MR) is 108 cm³/mol. The molecule has 0 bridgehead atoms. The molecule has 0 aliphatic heterocycles. The van der Waals surface area contributed by atoms with Crippen molar-refractivity contribution < 1.29 is 24.6 Å². The van der Waals surface area contributed by atoms with Crippen molar-refractivity contribution in [2.75, 3.05) is 5.32 Å². The van der Waals surface area contributed by atoms with Crippen molar-refractivity contribution in [3.05, 3.63) is 70.7 Å². The standard InChI is InChI=1S/C20H21BrN2O5/c1-20(2,11-10-17(25)23-27)18(15-12-13(21)8-9-16(15)24)28-19(26)22-14-6-4-3-5-7-14/h3-12,18,24,27H,1-2H3,(H,22,26)(H,23,25)/b11-10+/t18-/m0/s1. The summed E-state index contributed by atoms with van der Waals surface area (Å²) < 4.78 is 6.32. The predicted octanol–water partition coefficient (Wildman–Crippen LogP) is 4.53. The Morgan fingerprint density at radius 3 is 2.50 bits per heavy atom. The third-order valence-electron chi connectivity index (χ3n) is 3.97. The molecule has 2 amide bonds. The van der Waals surface area contributed by atoms with Gasteiger partial charge in [-0.1, -0.05) is 54.1 Å². The number of hydroxylamine groups is 1. The van der Waals surface area contributed by atoms with Crippen LogP contribution in [-0.2, 0) is 9.53 Å². The van der Waals surface area contributed by atoms with Crippen LogP contribution in [0.1, 0.15) is 25.5 Å². The Balaban J connectivity index is 2.35. The van der Waals surface area contributed by atoms with E-state index >= 15 is 0 Å². The average Bonchev–Trinajstić information content (AvgIpc) is 2.67. The maximum Gasteiger partial charge on any atom is 0.412 e. The summed E-state index contributed by atoms with van der Waals surface area (Å²) in [5, 5.41) is 21.6. The number of aromatic hydroxyl groups is 1. The highest BCUT2D eigenvalue weighted by molar-refractivity contribution is 9.10. The zero-order chi connectivity index (χ0) is 20.7. The highest BCUT2D eigenvalue weighted by Crippen LogP contribution is 2.42. The van der Waals surface area contributed by atoms with E-state index in [1.165, 1.54) is 17.6 Å². The van der Waals surface area contributed by atoms with Crippen molar-refractivity contribution >= 4 is 33.6 Å². The highest BCUT2D eigenvalue weighted by atomic mass is 79.9. The number of para-hydroxylation sites is 1. The summed E-state index contributed by atoms with van der Waals surface area (Å²) in [5.41, 5.74) is 1.51. The number of anilines is 1. The van der Waals surface area contributed by atoms with Gasteiger partial charge in [-0.3, -0.25) is 15.3 Å². The second kappa shape index (κ2) is 9.38. The quantitative estimate of drug-likeness (QED) is 0.295. The Morgan fingerprint density at radius 2 is 1.86 bits per heavy atom. The van der Waals surface area contributed by atoms with Gasteiger partial charge in [-0.25, -0.2) is 10.3 Å². The summed E-state index contributed by atoms with van der Waals surface area (Å²) in [6, 6.07) is 13.6. The van der Waals surface area contributed by atoms with Gasteiger partial charge in [0.2, 0.25) is 0 Å². The van der Waals surface area contributed by atoms with E-state index in [0.29, 0.717) is 15.7 Å². The molecule has 0 aliphatic rings. The average molecular weight is 449 g/mol. The van der Waals surface area contributed by atoms with E-state index in [-0.39, 0.29) is 5.75 Å². The van der Waals surface area contributed by atoms with Gasteiger partial charge in [-0.2, -0.15) is 0 Å². The van der Waals surface area contributed by atoms with E-state index in [9.17, 15) is 14.7 Å². The third-order valence-corrected chi connectivity index (χ3v) is 4.46. The number of phenols is 1. The number of hydrogen-bond acceptors (Lipinski definition) is 5. The molecule has 0 unspecified atom stereocenters. The van der Waals surface area contributed by atoms with E-state index in [2.05, 4.69) is 21.2 Å². The minimum atomic E-state index is -0.934. The van der Waals surface area contributed by atoms with Gasteiger partial charge in [0.1, 0.15) is 11.9 Å². The summed E-state index contributed by atoms with van der Waals surface area (Å²) in [7, 11) is 0. The second-order valence-electron chi connectivity index (χ2n) is 6.61. The molecular formula is C20H21BrN2O5. The summed E-state index contributed by atoms with van der Waals surface area (Å²) in [4.78, 5) is 23.8. The van der Waals surface area contributed by atoms with Crippen LogP contribution in [-0.4, -0.2) is 22.3 Å². The molecule has 0 fully saturated rings. The number of carbonyl (C=O) groups excluding carboxylic acids is 2. The van der Waals surface area contributed by atoms with Gasteiger partial charge in [0.15, 0.2) is 0 Å². The summed E-state index contributed by atoms with van der Waals surface area (Å²) in [6.45, 7) is 3.46.